The molecule has 1 amide bonds. The Kier molecular flexibility index (Phi) is 4.73. The van der Waals surface area contributed by atoms with Gasteiger partial charge in [-0.1, -0.05) is 44.1 Å². The molecule has 0 radical (unpaired) electrons. The number of rotatable bonds is 4. The van der Waals surface area contributed by atoms with Gasteiger partial charge in [-0.15, -0.1) is 0 Å². The van der Waals surface area contributed by atoms with Gasteiger partial charge in [0.2, 0.25) is 11.8 Å². The second-order valence-electron chi connectivity index (χ2n) is 8.69. The predicted octanol–water partition coefficient (Wildman–Crippen LogP) is 4.32. The first-order valence-corrected chi connectivity index (χ1v) is 10.1. The second-order valence-corrected chi connectivity index (χ2v) is 8.69. The zero-order chi connectivity index (χ0) is 19.9. The lowest BCUT2D eigenvalue weighted by molar-refractivity contribution is -0.133. The van der Waals surface area contributed by atoms with Crippen LogP contribution in [0.5, 0.6) is 0 Å². The topological polar surface area (TPSA) is 75.0 Å². The molecule has 0 spiro atoms. The van der Waals surface area contributed by atoms with E-state index in [-0.39, 0.29) is 17.4 Å². The van der Waals surface area contributed by atoms with Gasteiger partial charge in [-0.25, -0.2) is 0 Å². The zero-order valence-electron chi connectivity index (χ0n) is 17.1. The number of para-hydroxylation sites is 1. The lowest BCUT2D eigenvalue weighted by Gasteiger charge is -2.33. The number of carbonyl (C=O) groups is 1. The molecule has 0 bridgehead atoms. The van der Waals surface area contributed by atoms with Gasteiger partial charge in [0.15, 0.2) is 5.82 Å². The predicted molar refractivity (Wildman–Crippen MR) is 108 cm³/mol. The summed E-state index contributed by atoms with van der Waals surface area (Å²) in [6, 6.07) is 8.44. The summed E-state index contributed by atoms with van der Waals surface area (Å²) >= 11 is 0. The number of amides is 1. The van der Waals surface area contributed by atoms with Crippen LogP contribution < -0.4 is 0 Å². The van der Waals surface area contributed by atoms with E-state index in [9.17, 15) is 4.79 Å². The highest BCUT2D eigenvalue weighted by atomic mass is 16.5. The number of carbonyl (C=O) groups excluding carboxylic acids is 1. The Morgan fingerprint density at radius 1 is 1.32 bits per heavy atom. The first kappa shape index (κ1) is 18.7. The van der Waals surface area contributed by atoms with Crippen molar-refractivity contribution in [3.63, 3.8) is 0 Å². The highest BCUT2D eigenvalue weighted by molar-refractivity contribution is 5.86. The highest BCUT2D eigenvalue weighted by Crippen LogP contribution is 2.34. The molecule has 6 nitrogen and oxygen atoms in total. The van der Waals surface area contributed by atoms with E-state index in [2.05, 4.69) is 61.0 Å². The number of aryl methyl sites for hydroxylation is 1. The summed E-state index contributed by atoms with van der Waals surface area (Å²) in [6.45, 7) is 9.05. The number of aromatic amines is 1. The summed E-state index contributed by atoms with van der Waals surface area (Å²) < 4.78 is 5.33. The molecule has 1 unspecified atom stereocenters. The van der Waals surface area contributed by atoms with Crippen LogP contribution in [-0.4, -0.2) is 32.5 Å². The highest BCUT2D eigenvalue weighted by Gasteiger charge is 2.30. The average Bonchev–Trinajstić information content (AvgIpc) is 3.27. The number of nitrogens with one attached hydrogen (secondary N) is 1. The van der Waals surface area contributed by atoms with Crippen molar-refractivity contribution in [1.29, 1.82) is 0 Å². The van der Waals surface area contributed by atoms with Crippen molar-refractivity contribution in [2.75, 3.05) is 6.54 Å². The summed E-state index contributed by atoms with van der Waals surface area (Å²) in [6.07, 6.45) is 2.74. The zero-order valence-corrected chi connectivity index (χ0v) is 17.1. The summed E-state index contributed by atoms with van der Waals surface area (Å²) in [5.41, 5.74) is 3.55. The second kappa shape index (κ2) is 7.08. The monoisotopic (exact) mass is 380 g/mol. The van der Waals surface area contributed by atoms with E-state index in [1.165, 1.54) is 16.6 Å². The first-order valence-electron chi connectivity index (χ1n) is 10.1. The number of aromatic nitrogens is 3. The molecule has 6 heteroatoms. The van der Waals surface area contributed by atoms with Crippen molar-refractivity contribution < 1.29 is 9.32 Å². The standard InChI is InChI=1S/C22H28N4O2/c1-14-20-16(15-8-5-6-9-17(15)23-20)12-13-26(14)19(27)11-7-10-18-24-21(25-28-18)22(2,3)4/h5-6,8-9,14,23H,7,10-13H2,1-4H3. The lowest BCUT2D eigenvalue weighted by Crippen LogP contribution is -2.38. The van der Waals surface area contributed by atoms with Crippen LogP contribution in [0.3, 0.4) is 0 Å². The molecule has 2 aromatic heterocycles. The van der Waals surface area contributed by atoms with E-state index in [1.807, 2.05) is 11.0 Å². The molecule has 0 saturated heterocycles. The smallest absolute Gasteiger partial charge is 0.226 e. The number of benzene rings is 1. The van der Waals surface area contributed by atoms with Gasteiger partial charge in [-0.2, -0.15) is 4.98 Å². The normalized spacial score (nSPS) is 17.1. The van der Waals surface area contributed by atoms with E-state index < -0.39 is 0 Å². The molecular formula is C22H28N4O2. The molecule has 3 heterocycles. The lowest BCUT2D eigenvalue weighted by atomic mass is 9.96. The fourth-order valence-electron chi connectivity index (χ4n) is 3.96. The third kappa shape index (κ3) is 3.43. The molecule has 148 valence electrons. The van der Waals surface area contributed by atoms with Crippen LogP contribution >= 0.6 is 0 Å². The van der Waals surface area contributed by atoms with Crippen LogP contribution in [0.2, 0.25) is 0 Å². The molecule has 1 aliphatic rings. The van der Waals surface area contributed by atoms with Crippen LogP contribution in [0, 0.1) is 0 Å². The quantitative estimate of drug-likeness (QED) is 0.731. The Hall–Kier alpha value is -2.63. The molecule has 1 aromatic carbocycles. The van der Waals surface area contributed by atoms with Crippen molar-refractivity contribution in [1.82, 2.24) is 20.0 Å². The summed E-state index contributed by atoms with van der Waals surface area (Å²) in [7, 11) is 0. The molecule has 1 atom stereocenters. The van der Waals surface area contributed by atoms with Crippen molar-refractivity contribution in [3.8, 4) is 0 Å². The number of hydrogen-bond acceptors (Lipinski definition) is 4. The molecule has 1 aliphatic heterocycles. The van der Waals surface area contributed by atoms with E-state index in [0.717, 1.165) is 18.5 Å². The molecular weight excluding hydrogens is 352 g/mol. The Bertz CT molecular complexity index is 996. The summed E-state index contributed by atoms with van der Waals surface area (Å²) in [5, 5.41) is 5.33. The van der Waals surface area contributed by atoms with Gasteiger partial charge in [0.05, 0.1) is 6.04 Å². The fourth-order valence-corrected chi connectivity index (χ4v) is 3.96. The Labute approximate surface area is 165 Å². The maximum atomic E-state index is 12.8. The summed E-state index contributed by atoms with van der Waals surface area (Å²) in [5.74, 6) is 1.51. The largest absolute Gasteiger partial charge is 0.356 e. The van der Waals surface area contributed by atoms with Crippen LogP contribution in [0.4, 0.5) is 0 Å². The van der Waals surface area contributed by atoms with Crippen LogP contribution in [0.1, 0.15) is 69.6 Å². The van der Waals surface area contributed by atoms with Gasteiger partial charge >= 0.3 is 0 Å². The Balaban J connectivity index is 1.38. The SMILES string of the molecule is CC1c2[nH]c3ccccc3c2CCN1C(=O)CCCc1nc(C(C)(C)C)no1. The van der Waals surface area contributed by atoms with Crippen LogP contribution in [0.15, 0.2) is 28.8 Å². The minimum Gasteiger partial charge on any atom is -0.356 e. The van der Waals surface area contributed by atoms with Gasteiger partial charge in [-0.3, -0.25) is 4.79 Å². The van der Waals surface area contributed by atoms with Crippen molar-refractivity contribution in [2.24, 2.45) is 0 Å². The van der Waals surface area contributed by atoms with Crippen LogP contribution in [-0.2, 0) is 23.1 Å². The maximum Gasteiger partial charge on any atom is 0.226 e. The van der Waals surface area contributed by atoms with E-state index in [1.54, 1.807) is 0 Å². The fraction of sp³-hybridized carbons (Fsp3) is 0.500. The molecule has 28 heavy (non-hydrogen) atoms. The van der Waals surface area contributed by atoms with Gasteiger partial charge in [0.1, 0.15) is 0 Å². The summed E-state index contributed by atoms with van der Waals surface area (Å²) in [4.78, 5) is 22.8. The van der Waals surface area contributed by atoms with Gasteiger partial charge in [0.25, 0.3) is 0 Å². The maximum absolute atomic E-state index is 12.8. The van der Waals surface area contributed by atoms with E-state index in [4.69, 9.17) is 4.52 Å². The van der Waals surface area contributed by atoms with Crippen molar-refractivity contribution in [3.05, 3.63) is 47.2 Å². The molecule has 0 fully saturated rings. The number of H-pyrrole nitrogens is 1. The molecule has 1 N–H and O–H groups in total. The van der Waals surface area contributed by atoms with Crippen molar-refractivity contribution in [2.45, 2.75) is 64.8 Å². The van der Waals surface area contributed by atoms with Crippen molar-refractivity contribution >= 4 is 16.8 Å². The number of hydrogen-bond donors (Lipinski definition) is 1. The Morgan fingerprint density at radius 3 is 2.86 bits per heavy atom. The third-order valence-corrected chi connectivity index (χ3v) is 5.58. The number of fused-ring (bicyclic) bond motifs is 3. The minimum atomic E-state index is -0.127. The van der Waals surface area contributed by atoms with Gasteiger partial charge in [0, 0.05) is 41.4 Å². The number of nitrogens with zero attached hydrogens (tertiary/aromatic N) is 3. The first-order chi connectivity index (χ1) is 13.3. The Morgan fingerprint density at radius 2 is 2.11 bits per heavy atom. The van der Waals surface area contributed by atoms with E-state index in [0.29, 0.717) is 31.0 Å². The van der Waals surface area contributed by atoms with Gasteiger partial charge in [-0.05, 0) is 31.4 Å². The molecule has 0 aliphatic carbocycles. The van der Waals surface area contributed by atoms with Crippen LogP contribution in [0.25, 0.3) is 10.9 Å². The third-order valence-electron chi connectivity index (χ3n) is 5.58. The average molecular weight is 380 g/mol. The van der Waals surface area contributed by atoms with E-state index >= 15 is 0 Å². The molecule has 3 aromatic rings. The van der Waals surface area contributed by atoms with Gasteiger partial charge < -0.3 is 14.4 Å². The minimum absolute atomic E-state index is 0.0690. The molecule has 0 saturated carbocycles. The molecule has 4 rings (SSSR count).